The number of carbonyl (C=O) groups excluding carboxylic acids is 3. The molecule has 1 fully saturated rings. The molecule has 0 spiro atoms. The molecule has 1 saturated heterocycles. The molecular weight excluding hydrogens is 564 g/mol. The Morgan fingerprint density at radius 1 is 1.10 bits per heavy atom. The lowest BCUT2D eigenvalue weighted by atomic mass is 10.1. The zero-order valence-corrected chi connectivity index (χ0v) is 23.8. The Balaban J connectivity index is 1.17. The molecule has 13 heteroatoms. The molecule has 3 amide bonds. The molecule has 2 aromatic carbocycles. The Morgan fingerprint density at radius 3 is 2.63 bits per heavy atom. The third-order valence-electron chi connectivity index (χ3n) is 6.27. The lowest BCUT2D eigenvalue weighted by Crippen LogP contribution is -2.47. The molecule has 0 radical (unpaired) electrons. The first-order valence-corrected chi connectivity index (χ1v) is 14.0. The zero-order chi connectivity index (χ0) is 28.9. The van der Waals surface area contributed by atoms with Crippen LogP contribution in [-0.2, 0) is 16.1 Å². The molecule has 1 unspecified atom stereocenters. The smallest absolute Gasteiger partial charge is 0.267 e. The van der Waals surface area contributed by atoms with Crippen molar-refractivity contribution in [3.8, 4) is 0 Å². The van der Waals surface area contributed by atoms with Gasteiger partial charge in [0.2, 0.25) is 11.8 Å². The van der Waals surface area contributed by atoms with Crippen LogP contribution in [0.1, 0.15) is 39.5 Å². The van der Waals surface area contributed by atoms with Crippen LogP contribution in [0.3, 0.4) is 0 Å². The number of benzene rings is 2. The first kappa shape index (κ1) is 28.0. The second kappa shape index (κ2) is 12.3. The summed E-state index contributed by atoms with van der Waals surface area (Å²) < 4.78 is 0. The Hall–Kier alpha value is -4.55. The molecule has 5 rings (SSSR count). The number of halogens is 1. The zero-order valence-electron chi connectivity index (χ0n) is 22.2. The van der Waals surface area contributed by atoms with Gasteiger partial charge in [-0.15, -0.1) is 0 Å². The number of amides is 3. The number of nitrogens with zero attached hydrogens (tertiary/aromatic N) is 3. The minimum atomic E-state index is -0.429. The number of hydrogen-bond donors (Lipinski definition) is 5. The van der Waals surface area contributed by atoms with E-state index in [4.69, 9.17) is 11.6 Å². The van der Waals surface area contributed by atoms with E-state index in [0.29, 0.717) is 57.6 Å². The number of piperidine rings is 1. The standard InChI is InChI=1S/C28H27ClN8O3S/c1-15-4-3-5-19(29)25(15)37-27(40)21-14-31-28(41-21)35-23-12-22(32-16(2)33-23)30-13-17-6-8-18(9-7-17)34-20-10-11-24(38)36-26(20)39/h3-9,12,14,20,34H,10-11,13H2,1-2H3,(H,37,40)(H,36,38,39)(H2,30,31,32,33,35). The van der Waals surface area contributed by atoms with Crippen molar-refractivity contribution in [2.24, 2.45) is 0 Å². The van der Waals surface area contributed by atoms with Crippen LogP contribution in [0, 0.1) is 13.8 Å². The van der Waals surface area contributed by atoms with Gasteiger partial charge >= 0.3 is 0 Å². The number of nitrogens with one attached hydrogen (secondary N) is 5. The third-order valence-corrected chi connectivity index (χ3v) is 7.50. The molecule has 41 heavy (non-hydrogen) atoms. The van der Waals surface area contributed by atoms with Crippen molar-refractivity contribution in [3.05, 3.63) is 81.6 Å². The molecule has 2 aromatic heterocycles. The number of para-hydroxylation sites is 1. The van der Waals surface area contributed by atoms with E-state index < -0.39 is 6.04 Å². The van der Waals surface area contributed by atoms with Crippen molar-refractivity contribution in [1.82, 2.24) is 20.3 Å². The second-order valence-electron chi connectivity index (χ2n) is 9.42. The van der Waals surface area contributed by atoms with E-state index in [1.165, 1.54) is 17.5 Å². The van der Waals surface area contributed by atoms with Gasteiger partial charge in [-0.3, -0.25) is 19.7 Å². The Bertz CT molecular complexity index is 1590. The van der Waals surface area contributed by atoms with Gasteiger partial charge in [0.05, 0.1) is 16.9 Å². The summed E-state index contributed by atoms with van der Waals surface area (Å²) in [6, 6.07) is 14.4. The molecule has 210 valence electrons. The van der Waals surface area contributed by atoms with Crippen LogP contribution < -0.4 is 26.6 Å². The van der Waals surface area contributed by atoms with E-state index in [2.05, 4.69) is 41.5 Å². The van der Waals surface area contributed by atoms with Crippen LogP contribution in [-0.4, -0.2) is 38.7 Å². The van der Waals surface area contributed by atoms with E-state index >= 15 is 0 Å². The summed E-state index contributed by atoms with van der Waals surface area (Å²) in [5.41, 5.74) is 3.24. The quantitative estimate of drug-likeness (QED) is 0.169. The molecule has 0 bridgehead atoms. The predicted octanol–water partition coefficient (Wildman–Crippen LogP) is 5.03. The Kier molecular flexibility index (Phi) is 8.41. The fourth-order valence-electron chi connectivity index (χ4n) is 4.18. The van der Waals surface area contributed by atoms with Crippen molar-refractivity contribution in [3.63, 3.8) is 0 Å². The third kappa shape index (κ3) is 7.16. The molecule has 1 aliphatic rings. The topological polar surface area (TPSA) is 150 Å². The van der Waals surface area contributed by atoms with Crippen molar-refractivity contribution < 1.29 is 14.4 Å². The Morgan fingerprint density at radius 2 is 1.88 bits per heavy atom. The summed E-state index contributed by atoms with van der Waals surface area (Å²) >= 11 is 7.43. The fraction of sp³-hybridized carbons (Fsp3) is 0.214. The van der Waals surface area contributed by atoms with Crippen molar-refractivity contribution in [2.45, 2.75) is 39.3 Å². The van der Waals surface area contributed by atoms with Gasteiger partial charge in [-0.2, -0.15) is 0 Å². The second-order valence-corrected chi connectivity index (χ2v) is 10.9. The van der Waals surface area contributed by atoms with Crippen LogP contribution in [0.25, 0.3) is 0 Å². The maximum absolute atomic E-state index is 12.8. The van der Waals surface area contributed by atoms with Crippen molar-refractivity contribution in [2.75, 3.05) is 21.3 Å². The lowest BCUT2D eigenvalue weighted by molar-refractivity contribution is -0.133. The number of aryl methyl sites for hydroxylation is 2. The Labute approximate surface area is 245 Å². The molecule has 3 heterocycles. The number of anilines is 5. The molecule has 1 aliphatic heterocycles. The normalized spacial score (nSPS) is 14.8. The average molecular weight is 591 g/mol. The molecule has 1 atom stereocenters. The highest BCUT2D eigenvalue weighted by Gasteiger charge is 2.26. The van der Waals surface area contributed by atoms with Crippen molar-refractivity contribution in [1.29, 1.82) is 0 Å². The molecule has 11 nitrogen and oxygen atoms in total. The highest BCUT2D eigenvalue weighted by atomic mass is 35.5. The SMILES string of the molecule is Cc1nc(NCc2ccc(NC3CCC(=O)NC3=O)cc2)cc(Nc2ncc(C(=O)Nc3c(C)cccc3Cl)s2)n1. The maximum Gasteiger partial charge on any atom is 0.267 e. The van der Waals surface area contributed by atoms with E-state index in [0.717, 1.165) is 16.8 Å². The number of carbonyl (C=O) groups is 3. The number of rotatable bonds is 9. The molecule has 5 N–H and O–H groups in total. The monoisotopic (exact) mass is 590 g/mol. The number of imide groups is 1. The summed E-state index contributed by atoms with van der Waals surface area (Å²) in [5.74, 6) is 0.869. The van der Waals surface area contributed by atoms with Gasteiger partial charge < -0.3 is 21.3 Å². The molecular formula is C28H27ClN8O3S. The maximum atomic E-state index is 12.8. The number of hydrogen-bond acceptors (Lipinski definition) is 10. The minimum absolute atomic E-state index is 0.240. The largest absolute Gasteiger partial charge is 0.374 e. The van der Waals surface area contributed by atoms with Gasteiger partial charge in [0, 0.05) is 24.7 Å². The lowest BCUT2D eigenvalue weighted by Gasteiger charge is -2.22. The minimum Gasteiger partial charge on any atom is -0.374 e. The summed E-state index contributed by atoms with van der Waals surface area (Å²) in [4.78, 5) is 49.7. The van der Waals surface area contributed by atoms with E-state index in [1.54, 1.807) is 19.1 Å². The van der Waals surface area contributed by atoms with Crippen LogP contribution in [0.2, 0.25) is 5.02 Å². The predicted molar refractivity (Wildman–Crippen MR) is 160 cm³/mol. The molecule has 4 aromatic rings. The average Bonchev–Trinajstić information content (AvgIpc) is 3.40. The van der Waals surface area contributed by atoms with Crippen molar-refractivity contribution >= 4 is 68.8 Å². The van der Waals surface area contributed by atoms with Gasteiger partial charge in [0.15, 0.2) is 5.13 Å². The summed E-state index contributed by atoms with van der Waals surface area (Å²) in [6.45, 7) is 4.18. The van der Waals surface area contributed by atoms with Crippen LogP contribution in [0.4, 0.5) is 28.1 Å². The van der Waals surface area contributed by atoms with Crippen LogP contribution in [0.5, 0.6) is 0 Å². The summed E-state index contributed by atoms with van der Waals surface area (Å²) in [7, 11) is 0. The van der Waals surface area contributed by atoms with E-state index in [-0.39, 0.29) is 17.7 Å². The molecule has 0 saturated carbocycles. The van der Waals surface area contributed by atoms with Gasteiger partial charge in [-0.25, -0.2) is 15.0 Å². The first-order valence-electron chi connectivity index (χ1n) is 12.8. The molecule has 0 aliphatic carbocycles. The van der Waals surface area contributed by atoms with Gasteiger partial charge in [0.25, 0.3) is 5.91 Å². The van der Waals surface area contributed by atoms with Gasteiger partial charge in [0.1, 0.15) is 28.4 Å². The van der Waals surface area contributed by atoms with E-state index in [1.807, 2.05) is 43.3 Å². The van der Waals surface area contributed by atoms with Crippen LogP contribution >= 0.6 is 22.9 Å². The fourth-order valence-corrected chi connectivity index (χ4v) is 5.17. The highest BCUT2D eigenvalue weighted by Crippen LogP contribution is 2.28. The number of aromatic nitrogens is 3. The highest BCUT2D eigenvalue weighted by molar-refractivity contribution is 7.17. The first-order chi connectivity index (χ1) is 19.7. The van der Waals surface area contributed by atoms with E-state index in [9.17, 15) is 14.4 Å². The summed E-state index contributed by atoms with van der Waals surface area (Å²) in [5, 5.41) is 15.8. The van der Waals surface area contributed by atoms with Gasteiger partial charge in [-0.05, 0) is 49.6 Å². The van der Waals surface area contributed by atoms with Crippen LogP contribution in [0.15, 0.2) is 54.7 Å². The van der Waals surface area contributed by atoms with Gasteiger partial charge in [-0.1, -0.05) is 47.2 Å². The summed E-state index contributed by atoms with van der Waals surface area (Å²) in [6.07, 6.45) is 2.29. The number of thiazole rings is 1.